The number of carbonyl (C=O) groups excluding carboxylic acids is 1. The summed E-state index contributed by atoms with van der Waals surface area (Å²) >= 11 is 0. The third-order valence-electron chi connectivity index (χ3n) is 4.94. The zero-order valence-corrected chi connectivity index (χ0v) is 14.9. The highest BCUT2D eigenvalue weighted by Gasteiger charge is 2.32. The number of urea groups is 1. The lowest BCUT2D eigenvalue weighted by molar-refractivity contribution is 0.168. The first-order chi connectivity index (χ1) is 12.7. The molecule has 4 heteroatoms. The molecule has 0 saturated heterocycles. The molecule has 1 aliphatic heterocycles. The zero-order chi connectivity index (χ0) is 17.9. The SMILES string of the molecule is Cc1cccc(C2c3cccn3CCN2C(=O)NCc2ccccc2)c1. The van der Waals surface area contributed by atoms with E-state index in [4.69, 9.17) is 0 Å². The lowest BCUT2D eigenvalue weighted by atomic mass is 9.98. The van der Waals surface area contributed by atoms with Crippen LogP contribution in [0.1, 0.15) is 28.4 Å². The Morgan fingerprint density at radius 3 is 2.69 bits per heavy atom. The molecule has 132 valence electrons. The van der Waals surface area contributed by atoms with Gasteiger partial charge in [-0.25, -0.2) is 4.79 Å². The molecule has 1 N–H and O–H groups in total. The van der Waals surface area contributed by atoms with Gasteiger partial charge in [-0.1, -0.05) is 60.2 Å². The van der Waals surface area contributed by atoms with Gasteiger partial charge in [-0.05, 0) is 30.2 Å². The van der Waals surface area contributed by atoms with E-state index in [1.54, 1.807) is 0 Å². The summed E-state index contributed by atoms with van der Waals surface area (Å²) < 4.78 is 2.24. The zero-order valence-electron chi connectivity index (χ0n) is 14.9. The molecule has 1 aromatic heterocycles. The smallest absolute Gasteiger partial charge is 0.318 e. The van der Waals surface area contributed by atoms with Gasteiger partial charge in [0.05, 0.1) is 6.04 Å². The lowest BCUT2D eigenvalue weighted by Crippen LogP contribution is -2.47. The summed E-state index contributed by atoms with van der Waals surface area (Å²) in [6.07, 6.45) is 2.09. The van der Waals surface area contributed by atoms with Crippen LogP contribution >= 0.6 is 0 Å². The number of hydrogen-bond donors (Lipinski definition) is 1. The number of nitrogens with one attached hydrogen (secondary N) is 1. The van der Waals surface area contributed by atoms with E-state index in [0.717, 1.165) is 23.4 Å². The molecule has 0 aliphatic carbocycles. The van der Waals surface area contributed by atoms with Gasteiger partial charge in [-0.2, -0.15) is 0 Å². The van der Waals surface area contributed by atoms with Crippen molar-refractivity contribution in [2.45, 2.75) is 26.1 Å². The molecule has 2 aromatic carbocycles. The van der Waals surface area contributed by atoms with E-state index in [1.165, 1.54) is 5.56 Å². The predicted molar refractivity (Wildman–Crippen MR) is 103 cm³/mol. The number of hydrogen-bond acceptors (Lipinski definition) is 1. The lowest BCUT2D eigenvalue weighted by Gasteiger charge is -2.37. The molecule has 1 atom stereocenters. The van der Waals surface area contributed by atoms with Crippen LogP contribution in [0.4, 0.5) is 4.79 Å². The average Bonchev–Trinajstić information content (AvgIpc) is 3.15. The Bertz CT molecular complexity index is 901. The molecule has 1 aliphatic rings. The van der Waals surface area contributed by atoms with Gasteiger partial charge < -0.3 is 14.8 Å². The van der Waals surface area contributed by atoms with E-state index >= 15 is 0 Å². The first-order valence-electron chi connectivity index (χ1n) is 9.02. The van der Waals surface area contributed by atoms with Crippen LogP contribution < -0.4 is 5.32 Å². The van der Waals surface area contributed by atoms with Gasteiger partial charge in [0.25, 0.3) is 0 Å². The predicted octanol–water partition coefficient (Wildman–Crippen LogP) is 4.11. The summed E-state index contributed by atoms with van der Waals surface area (Å²) in [4.78, 5) is 14.9. The second kappa shape index (κ2) is 7.08. The fourth-order valence-corrected chi connectivity index (χ4v) is 3.67. The third kappa shape index (κ3) is 3.23. The van der Waals surface area contributed by atoms with Crippen molar-refractivity contribution >= 4 is 6.03 Å². The maximum absolute atomic E-state index is 13.0. The van der Waals surface area contributed by atoms with Crippen LogP contribution in [0.25, 0.3) is 0 Å². The standard InChI is InChI=1S/C22H23N3O/c1-17-7-5-10-19(15-17)21-20-11-6-12-24(20)13-14-25(21)22(26)23-16-18-8-3-2-4-9-18/h2-12,15,21H,13-14,16H2,1H3,(H,23,26). The normalized spacial score (nSPS) is 16.2. The molecule has 0 radical (unpaired) electrons. The summed E-state index contributed by atoms with van der Waals surface area (Å²) in [5.74, 6) is 0. The van der Waals surface area contributed by atoms with Crippen LogP contribution in [0, 0.1) is 6.92 Å². The van der Waals surface area contributed by atoms with E-state index in [2.05, 4.69) is 59.4 Å². The molecule has 2 heterocycles. The van der Waals surface area contributed by atoms with Crippen LogP contribution in [0.2, 0.25) is 0 Å². The molecule has 4 rings (SSSR count). The number of fused-ring (bicyclic) bond motifs is 1. The highest BCUT2D eigenvalue weighted by Crippen LogP contribution is 2.32. The van der Waals surface area contributed by atoms with Crippen molar-refractivity contribution in [2.24, 2.45) is 0 Å². The van der Waals surface area contributed by atoms with Gasteiger partial charge in [-0.3, -0.25) is 0 Å². The first-order valence-corrected chi connectivity index (χ1v) is 9.02. The van der Waals surface area contributed by atoms with E-state index < -0.39 is 0 Å². The summed E-state index contributed by atoms with van der Waals surface area (Å²) in [5.41, 5.74) is 4.63. The Hall–Kier alpha value is -3.01. The van der Waals surface area contributed by atoms with E-state index in [1.807, 2.05) is 35.2 Å². The molecule has 0 spiro atoms. The third-order valence-corrected chi connectivity index (χ3v) is 4.94. The molecule has 2 amide bonds. The number of carbonyl (C=O) groups is 1. The maximum atomic E-state index is 13.0. The number of amides is 2. The molecule has 0 saturated carbocycles. The fourth-order valence-electron chi connectivity index (χ4n) is 3.67. The van der Waals surface area contributed by atoms with E-state index in [-0.39, 0.29) is 12.1 Å². The summed E-state index contributed by atoms with van der Waals surface area (Å²) in [6, 6.07) is 22.5. The highest BCUT2D eigenvalue weighted by atomic mass is 16.2. The molecule has 0 fully saturated rings. The van der Waals surface area contributed by atoms with Crippen LogP contribution in [0.5, 0.6) is 0 Å². The summed E-state index contributed by atoms with van der Waals surface area (Å²) in [6.45, 7) is 4.15. The van der Waals surface area contributed by atoms with Crippen LogP contribution in [-0.2, 0) is 13.1 Å². The number of aromatic nitrogens is 1. The first kappa shape index (κ1) is 16.5. The Morgan fingerprint density at radius 2 is 1.88 bits per heavy atom. The second-order valence-corrected chi connectivity index (χ2v) is 6.78. The highest BCUT2D eigenvalue weighted by molar-refractivity contribution is 5.75. The fraction of sp³-hybridized carbons (Fsp3) is 0.227. The average molecular weight is 345 g/mol. The quantitative estimate of drug-likeness (QED) is 0.762. The Kier molecular flexibility index (Phi) is 4.48. The number of nitrogens with zero attached hydrogens (tertiary/aromatic N) is 2. The minimum absolute atomic E-state index is 0.0205. The molecule has 0 bridgehead atoms. The van der Waals surface area contributed by atoms with Crippen molar-refractivity contribution in [3.63, 3.8) is 0 Å². The Balaban J connectivity index is 1.60. The maximum Gasteiger partial charge on any atom is 0.318 e. The number of rotatable bonds is 3. The Morgan fingerprint density at radius 1 is 1.04 bits per heavy atom. The minimum atomic E-state index is -0.0607. The Labute approximate surface area is 154 Å². The monoisotopic (exact) mass is 345 g/mol. The van der Waals surface area contributed by atoms with Crippen molar-refractivity contribution in [3.8, 4) is 0 Å². The molecule has 26 heavy (non-hydrogen) atoms. The molecular formula is C22H23N3O. The van der Waals surface area contributed by atoms with Gasteiger partial charge in [0.2, 0.25) is 0 Å². The largest absolute Gasteiger partial charge is 0.348 e. The molecule has 4 nitrogen and oxygen atoms in total. The summed E-state index contributed by atoms with van der Waals surface area (Å²) in [7, 11) is 0. The summed E-state index contributed by atoms with van der Waals surface area (Å²) in [5, 5.41) is 3.08. The van der Waals surface area contributed by atoms with Crippen molar-refractivity contribution in [3.05, 3.63) is 95.3 Å². The number of aryl methyl sites for hydroxylation is 1. The van der Waals surface area contributed by atoms with Gasteiger partial charge in [-0.15, -0.1) is 0 Å². The van der Waals surface area contributed by atoms with Gasteiger partial charge in [0.1, 0.15) is 0 Å². The van der Waals surface area contributed by atoms with E-state index in [0.29, 0.717) is 13.1 Å². The van der Waals surface area contributed by atoms with Gasteiger partial charge in [0.15, 0.2) is 0 Å². The molecular weight excluding hydrogens is 322 g/mol. The van der Waals surface area contributed by atoms with Crippen molar-refractivity contribution < 1.29 is 4.79 Å². The van der Waals surface area contributed by atoms with Gasteiger partial charge in [0, 0.05) is 31.5 Å². The molecule has 1 unspecified atom stereocenters. The van der Waals surface area contributed by atoms with E-state index in [9.17, 15) is 4.79 Å². The number of benzene rings is 2. The minimum Gasteiger partial charge on any atom is -0.348 e. The topological polar surface area (TPSA) is 37.3 Å². The van der Waals surface area contributed by atoms with Gasteiger partial charge >= 0.3 is 6.03 Å². The van der Waals surface area contributed by atoms with Crippen molar-refractivity contribution in [2.75, 3.05) is 6.54 Å². The molecule has 3 aromatic rings. The second-order valence-electron chi connectivity index (χ2n) is 6.78. The van der Waals surface area contributed by atoms with Crippen molar-refractivity contribution in [1.29, 1.82) is 0 Å². The van der Waals surface area contributed by atoms with Crippen molar-refractivity contribution in [1.82, 2.24) is 14.8 Å². The van der Waals surface area contributed by atoms with Crippen LogP contribution in [-0.4, -0.2) is 22.0 Å². The van der Waals surface area contributed by atoms with Crippen LogP contribution in [0.15, 0.2) is 72.9 Å². The van der Waals surface area contributed by atoms with Crippen LogP contribution in [0.3, 0.4) is 0 Å².